The summed E-state index contributed by atoms with van der Waals surface area (Å²) in [5.74, 6) is 0.908. The maximum Gasteiger partial charge on any atom is 0.255 e. The van der Waals surface area contributed by atoms with E-state index in [1.807, 2.05) is 6.07 Å². The predicted octanol–water partition coefficient (Wildman–Crippen LogP) is 3.27. The standard InChI is InChI=1S/C21H26N2O3/c1-15(16-8-5-4-6-9-16)23-13-12-17(14-23)22-21(24)18-10-7-11-19(25-2)20(18)26-3/h4-11,15,17H,12-14H2,1-3H3,(H,22,24). The average Bonchev–Trinajstić information content (AvgIpc) is 3.15. The highest BCUT2D eigenvalue weighted by Gasteiger charge is 2.28. The zero-order valence-electron chi connectivity index (χ0n) is 15.6. The molecule has 2 aromatic rings. The molecule has 0 radical (unpaired) electrons. The van der Waals surface area contributed by atoms with Gasteiger partial charge in [-0.15, -0.1) is 0 Å². The van der Waals surface area contributed by atoms with E-state index in [0.717, 1.165) is 19.5 Å². The minimum absolute atomic E-state index is 0.125. The number of hydrogen-bond acceptors (Lipinski definition) is 4. The Morgan fingerprint density at radius 2 is 1.88 bits per heavy atom. The summed E-state index contributed by atoms with van der Waals surface area (Å²) in [6.45, 7) is 4.02. The van der Waals surface area contributed by atoms with E-state index in [0.29, 0.717) is 23.1 Å². The lowest BCUT2D eigenvalue weighted by Gasteiger charge is -2.25. The summed E-state index contributed by atoms with van der Waals surface area (Å²) in [5.41, 5.74) is 1.80. The molecular weight excluding hydrogens is 328 g/mol. The van der Waals surface area contributed by atoms with Crippen LogP contribution in [-0.2, 0) is 0 Å². The normalized spacial score (nSPS) is 18.3. The van der Waals surface area contributed by atoms with Crippen molar-refractivity contribution < 1.29 is 14.3 Å². The highest BCUT2D eigenvalue weighted by Crippen LogP contribution is 2.31. The third-order valence-corrected chi connectivity index (χ3v) is 5.03. The molecule has 0 aliphatic carbocycles. The van der Waals surface area contributed by atoms with Gasteiger partial charge in [-0.25, -0.2) is 0 Å². The number of ether oxygens (including phenoxy) is 2. The second-order valence-electron chi connectivity index (χ2n) is 6.58. The summed E-state index contributed by atoms with van der Waals surface area (Å²) in [6.07, 6.45) is 0.940. The summed E-state index contributed by atoms with van der Waals surface area (Å²) in [5, 5.41) is 3.14. The van der Waals surface area contributed by atoms with Crippen molar-refractivity contribution in [2.45, 2.75) is 25.4 Å². The van der Waals surface area contributed by atoms with Gasteiger partial charge in [-0.05, 0) is 31.0 Å². The fraction of sp³-hybridized carbons (Fsp3) is 0.381. The quantitative estimate of drug-likeness (QED) is 0.865. The van der Waals surface area contributed by atoms with Gasteiger partial charge in [0.15, 0.2) is 11.5 Å². The lowest BCUT2D eigenvalue weighted by Crippen LogP contribution is -2.37. The molecule has 0 aromatic heterocycles. The van der Waals surface area contributed by atoms with E-state index in [9.17, 15) is 4.79 Å². The molecule has 1 fully saturated rings. The number of amides is 1. The third kappa shape index (κ3) is 3.83. The maximum atomic E-state index is 12.7. The van der Waals surface area contributed by atoms with Crippen molar-refractivity contribution in [1.82, 2.24) is 10.2 Å². The van der Waals surface area contributed by atoms with Gasteiger partial charge in [0.1, 0.15) is 0 Å². The maximum absolute atomic E-state index is 12.7. The zero-order valence-corrected chi connectivity index (χ0v) is 15.6. The number of likely N-dealkylation sites (tertiary alicyclic amines) is 1. The van der Waals surface area contributed by atoms with Gasteiger partial charge in [0.2, 0.25) is 0 Å². The molecule has 1 aliphatic rings. The Hall–Kier alpha value is -2.53. The van der Waals surface area contributed by atoms with Crippen LogP contribution in [0, 0.1) is 0 Å². The summed E-state index contributed by atoms with van der Waals surface area (Å²) < 4.78 is 10.7. The minimum Gasteiger partial charge on any atom is -0.493 e. The van der Waals surface area contributed by atoms with Crippen molar-refractivity contribution in [3.8, 4) is 11.5 Å². The molecule has 138 valence electrons. The molecule has 0 saturated carbocycles. The molecule has 2 aromatic carbocycles. The Kier molecular flexibility index (Phi) is 5.78. The molecule has 0 bridgehead atoms. The smallest absolute Gasteiger partial charge is 0.255 e. The Labute approximate surface area is 154 Å². The van der Waals surface area contributed by atoms with E-state index >= 15 is 0 Å². The van der Waals surface area contributed by atoms with Crippen LogP contribution >= 0.6 is 0 Å². The first kappa shape index (κ1) is 18.3. The Morgan fingerprint density at radius 1 is 1.12 bits per heavy atom. The number of methoxy groups -OCH3 is 2. The number of benzene rings is 2. The first-order valence-electron chi connectivity index (χ1n) is 8.95. The van der Waals surface area contributed by atoms with Gasteiger partial charge in [0.25, 0.3) is 5.91 Å². The van der Waals surface area contributed by atoms with Gasteiger partial charge in [0, 0.05) is 25.2 Å². The highest BCUT2D eigenvalue weighted by molar-refractivity contribution is 5.98. The Balaban J connectivity index is 1.65. The second-order valence-corrected chi connectivity index (χ2v) is 6.58. The van der Waals surface area contributed by atoms with Crippen LogP contribution in [0.4, 0.5) is 0 Å². The van der Waals surface area contributed by atoms with Crippen LogP contribution in [0.15, 0.2) is 48.5 Å². The van der Waals surface area contributed by atoms with E-state index in [4.69, 9.17) is 9.47 Å². The van der Waals surface area contributed by atoms with Crippen molar-refractivity contribution in [2.75, 3.05) is 27.3 Å². The molecule has 3 rings (SSSR count). The second kappa shape index (κ2) is 8.23. The molecule has 1 N–H and O–H groups in total. The summed E-state index contributed by atoms with van der Waals surface area (Å²) in [7, 11) is 3.12. The number of hydrogen-bond donors (Lipinski definition) is 1. The number of carbonyl (C=O) groups is 1. The van der Waals surface area contributed by atoms with Gasteiger partial charge < -0.3 is 14.8 Å². The van der Waals surface area contributed by atoms with Crippen molar-refractivity contribution in [3.05, 3.63) is 59.7 Å². The number of nitrogens with zero attached hydrogens (tertiary/aromatic N) is 1. The molecular formula is C21H26N2O3. The van der Waals surface area contributed by atoms with Gasteiger partial charge in [-0.2, -0.15) is 0 Å². The lowest BCUT2D eigenvalue weighted by molar-refractivity contribution is 0.0932. The molecule has 5 heteroatoms. The average molecular weight is 354 g/mol. The topological polar surface area (TPSA) is 50.8 Å². The van der Waals surface area contributed by atoms with E-state index in [1.54, 1.807) is 32.4 Å². The van der Waals surface area contributed by atoms with Crippen molar-refractivity contribution in [3.63, 3.8) is 0 Å². The van der Waals surface area contributed by atoms with E-state index < -0.39 is 0 Å². The zero-order chi connectivity index (χ0) is 18.5. The fourth-order valence-corrected chi connectivity index (χ4v) is 3.53. The van der Waals surface area contributed by atoms with E-state index in [1.165, 1.54) is 5.56 Å². The monoisotopic (exact) mass is 354 g/mol. The number of para-hydroxylation sites is 1. The lowest BCUT2D eigenvalue weighted by atomic mass is 10.1. The molecule has 1 heterocycles. The number of carbonyl (C=O) groups excluding carboxylic acids is 1. The van der Waals surface area contributed by atoms with Gasteiger partial charge >= 0.3 is 0 Å². The first-order valence-corrected chi connectivity index (χ1v) is 8.95. The van der Waals surface area contributed by atoms with Crippen molar-refractivity contribution in [1.29, 1.82) is 0 Å². The number of nitrogens with one attached hydrogen (secondary N) is 1. The van der Waals surface area contributed by atoms with Crippen molar-refractivity contribution >= 4 is 5.91 Å². The van der Waals surface area contributed by atoms with E-state index in [-0.39, 0.29) is 11.9 Å². The van der Waals surface area contributed by atoms with Crippen LogP contribution in [0.3, 0.4) is 0 Å². The summed E-state index contributed by atoms with van der Waals surface area (Å²) >= 11 is 0. The van der Waals surface area contributed by atoms with Crippen LogP contribution < -0.4 is 14.8 Å². The molecule has 1 saturated heterocycles. The van der Waals surface area contributed by atoms with Crippen LogP contribution in [0.25, 0.3) is 0 Å². The molecule has 1 amide bonds. The van der Waals surface area contributed by atoms with Crippen LogP contribution in [0.5, 0.6) is 11.5 Å². The fourth-order valence-electron chi connectivity index (χ4n) is 3.53. The molecule has 2 unspecified atom stereocenters. The van der Waals surface area contributed by atoms with E-state index in [2.05, 4.69) is 41.4 Å². The first-order chi connectivity index (χ1) is 12.6. The van der Waals surface area contributed by atoms with Crippen LogP contribution in [0.1, 0.15) is 35.3 Å². The van der Waals surface area contributed by atoms with Gasteiger partial charge in [0.05, 0.1) is 19.8 Å². The molecule has 2 atom stereocenters. The SMILES string of the molecule is COc1cccc(C(=O)NC2CCN(C(C)c3ccccc3)C2)c1OC. The predicted molar refractivity (Wildman–Crippen MR) is 102 cm³/mol. The summed E-state index contributed by atoms with van der Waals surface area (Å²) in [4.78, 5) is 15.1. The minimum atomic E-state index is -0.125. The molecule has 5 nitrogen and oxygen atoms in total. The molecule has 26 heavy (non-hydrogen) atoms. The molecule has 1 aliphatic heterocycles. The molecule has 0 spiro atoms. The summed E-state index contributed by atoms with van der Waals surface area (Å²) in [6, 6.07) is 16.3. The van der Waals surface area contributed by atoms with Gasteiger partial charge in [-0.1, -0.05) is 36.4 Å². The van der Waals surface area contributed by atoms with Crippen LogP contribution in [-0.4, -0.2) is 44.2 Å². The Bertz CT molecular complexity index is 748. The third-order valence-electron chi connectivity index (χ3n) is 5.03. The van der Waals surface area contributed by atoms with Gasteiger partial charge in [-0.3, -0.25) is 9.69 Å². The number of rotatable bonds is 6. The largest absolute Gasteiger partial charge is 0.493 e. The highest BCUT2D eigenvalue weighted by atomic mass is 16.5. The van der Waals surface area contributed by atoms with Crippen LogP contribution in [0.2, 0.25) is 0 Å². The Morgan fingerprint density at radius 3 is 2.58 bits per heavy atom. The van der Waals surface area contributed by atoms with Crippen molar-refractivity contribution in [2.24, 2.45) is 0 Å².